The molecule has 1 atom stereocenters. The summed E-state index contributed by atoms with van der Waals surface area (Å²) < 4.78 is 11.3. The van der Waals surface area contributed by atoms with Crippen LogP contribution in [-0.2, 0) is 4.74 Å². The Labute approximate surface area is 140 Å². The van der Waals surface area contributed by atoms with Crippen LogP contribution in [0.2, 0.25) is 10.2 Å². The summed E-state index contributed by atoms with van der Waals surface area (Å²) in [5, 5.41) is 0.518. The van der Waals surface area contributed by atoms with E-state index < -0.39 is 0 Å². The molecule has 0 N–H and O–H groups in total. The first-order valence-electron chi connectivity index (χ1n) is 7.54. The minimum absolute atomic E-state index is 0.0831. The third kappa shape index (κ3) is 3.74. The molecule has 0 spiro atoms. The van der Waals surface area contributed by atoms with Crippen molar-refractivity contribution in [1.82, 2.24) is 14.9 Å². The maximum Gasteiger partial charge on any atom is 0.239 e. The van der Waals surface area contributed by atoms with Crippen molar-refractivity contribution in [3.63, 3.8) is 0 Å². The molecule has 0 aliphatic carbocycles. The van der Waals surface area contributed by atoms with Crippen LogP contribution in [0.15, 0.2) is 0 Å². The maximum absolute atomic E-state index is 6.22. The number of nitrogens with zero attached hydrogens (tertiary/aromatic N) is 4. The fraction of sp³-hybridized carbons (Fsp3) is 0.714. The van der Waals surface area contributed by atoms with Gasteiger partial charge in [-0.3, -0.25) is 0 Å². The van der Waals surface area contributed by atoms with Gasteiger partial charge >= 0.3 is 0 Å². The molecule has 22 heavy (non-hydrogen) atoms. The topological polar surface area (TPSA) is 50.7 Å². The van der Waals surface area contributed by atoms with Crippen molar-refractivity contribution in [2.75, 3.05) is 51.3 Å². The van der Waals surface area contributed by atoms with Crippen LogP contribution in [0.3, 0.4) is 0 Å². The van der Waals surface area contributed by atoms with Crippen molar-refractivity contribution >= 4 is 29.2 Å². The quantitative estimate of drug-likeness (QED) is 0.781. The minimum atomic E-state index is 0.0831. The molecule has 0 saturated carbocycles. The number of halogens is 2. The zero-order chi connectivity index (χ0) is 15.5. The molecule has 1 aromatic rings. The van der Waals surface area contributed by atoms with E-state index in [0.717, 1.165) is 39.0 Å². The Kier molecular flexibility index (Phi) is 5.23. The van der Waals surface area contributed by atoms with E-state index in [1.165, 1.54) is 0 Å². The first-order valence-corrected chi connectivity index (χ1v) is 8.30. The van der Waals surface area contributed by atoms with Gasteiger partial charge < -0.3 is 19.3 Å². The van der Waals surface area contributed by atoms with Gasteiger partial charge in [-0.25, -0.2) is 0 Å². The van der Waals surface area contributed by atoms with Crippen molar-refractivity contribution in [1.29, 1.82) is 0 Å². The van der Waals surface area contributed by atoms with Crippen LogP contribution in [0.5, 0.6) is 5.88 Å². The van der Waals surface area contributed by atoms with Gasteiger partial charge in [0.15, 0.2) is 5.15 Å². The van der Waals surface area contributed by atoms with Crippen LogP contribution in [0.4, 0.5) is 5.95 Å². The number of likely N-dealkylation sites (tertiary alicyclic amines) is 1. The fourth-order valence-electron chi connectivity index (χ4n) is 2.75. The summed E-state index contributed by atoms with van der Waals surface area (Å²) >= 11 is 12.4. The highest BCUT2D eigenvalue weighted by atomic mass is 35.5. The highest BCUT2D eigenvalue weighted by Crippen LogP contribution is 2.32. The minimum Gasteiger partial charge on any atom is -0.472 e. The Balaban J connectivity index is 1.78. The normalized spacial score (nSPS) is 23.6. The molecular weight excluding hydrogens is 327 g/mol. The molecule has 122 valence electrons. The lowest BCUT2D eigenvalue weighted by atomic mass is 10.1. The number of piperidine rings is 1. The van der Waals surface area contributed by atoms with Gasteiger partial charge in [-0.2, -0.15) is 9.97 Å². The smallest absolute Gasteiger partial charge is 0.239 e. The number of anilines is 1. The number of hydrogen-bond acceptors (Lipinski definition) is 6. The van der Waals surface area contributed by atoms with Gasteiger partial charge in [0.25, 0.3) is 0 Å². The number of hydrogen-bond donors (Lipinski definition) is 0. The molecule has 1 unspecified atom stereocenters. The lowest BCUT2D eigenvalue weighted by Gasteiger charge is -2.30. The van der Waals surface area contributed by atoms with E-state index in [4.69, 9.17) is 32.7 Å². The predicted molar refractivity (Wildman–Crippen MR) is 86.2 cm³/mol. The Morgan fingerprint density at radius 3 is 2.68 bits per heavy atom. The van der Waals surface area contributed by atoms with Gasteiger partial charge in [0.1, 0.15) is 11.1 Å². The van der Waals surface area contributed by atoms with Gasteiger partial charge in [-0.05, 0) is 26.4 Å². The monoisotopic (exact) mass is 346 g/mol. The van der Waals surface area contributed by atoms with E-state index in [0.29, 0.717) is 25.0 Å². The highest BCUT2D eigenvalue weighted by molar-refractivity contribution is 6.42. The van der Waals surface area contributed by atoms with E-state index in [-0.39, 0.29) is 16.3 Å². The Morgan fingerprint density at radius 2 is 1.95 bits per heavy atom. The summed E-state index contributed by atoms with van der Waals surface area (Å²) in [5.74, 6) is 0.931. The Morgan fingerprint density at radius 1 is 1.18 bits per heavy atom. The second-order valence-corrected chi connectivity index (χ2v) is 6.41. The van der Waals surface area contributed by atoms with E-state index in [1.807, 2.05) is 4.90 Å². The van der Waals surface area contributed by atoms with Crippen LogP contribution in [0.25, 0.3) is 0 Å². The largest absolute Gasteiger partial charge is 0.472 e. The third-order valence-electron chi connectivity index (χ3n) is 3.92. The van der Waals surface area contributed by atoms with Crippen molar-refractivity contribution in [2.24, 2.45) is 0 Å². The lowest BCUT2D eigenvalue weighted by Crippen LogP contribution is -2.39. The van der Waals surface area contributed by atoms with Crippen molar-refractivity contribution in [3.05, 3.63) is 10.2 Å². The molecule has 6 nitrogen and oxygen atoms in total. The van der Waals surface area contributed by atoms with Crippen molar-refractivity contribution in [2.45, 2.75) is 18.9 Å². The van der Waals surface area contributed by atoms with Crippen molar-refractivity contribution < 1.29 is 9.47 Å². The second kappa shape index (κ2) is 7.17. The summed E-state index contributed by atoms with van der Waals surface area (Å²) in [6, 6.07) is 0. The van der Waals surface area contributed by atoms with Crippen LogP contribution in [-0.4, -0.2) is 67.4 Å². The van der Waals surface area contributed by atoms with E-state index >= 15 is 0 Å². The molecule has 3 heterocycles. The van der Waals surface area contributed by atoms with E-state index in [2.05, 4.69) is 21.9 Å². The van der Waals surface area contributed by atoms with Crippen LogP contribution >= 0.6 is 23.2 Å². The third-order valence-corrected chi connectivity index (χ3v) is 4.63. The molecule has 2 saturated heterocycles. The number of likely N-dealkylation sites (N-methyl/N-ethyl adjacent to an activating group) is 1. The van der Waals surface area contributed by atoms with Gasteiger partial charge in [-0.1, -0.05) is 23.2 Å². The molecule has 0 amide bonds. The highest BCUT2D eigenvalue weighted by Gasteiger charge is 2.23. The van der Waals surface area contributed by atoms with Crippen LogP contribution in [0.1, 0.15) is 12.8 Å². The molecule has 1 aromatic heterocycles. The summed E-state index contributed by atoms with van der Waals surface area (Å²) in [7, 11) is 2.09. The molecule has 2 fully saturated rings. The van der Waals surface area contributed by atoms with Gasteiger partial charge in [-0.15, -0.1) is 0 Å². The van der Waals surface area contributed by atoms with E-state index in [1.54, 1.807) is 0 Å². The molecule has 2 aliphatic rings. The first-order chi connectivity index (χ1) is 10.6. The fourth-order valence-corrected chi connectivity index (χ4v) is 3.03. The average Bonchev–Trinajstić information content (AvgIpc) is 2.52. The number of aromatic nitrogens is 2. The zero-order valence-electron chi connectivity index (χ0n) is 12.6. The molecule has 8 heteroatoms. The molecule has 3 rings (SSSR count). The van der Waals surface area contributed by atoms with E-state index in [9.17, 15) is 0 Å². The Bertz CT molecular complexity index is 526. The number of rotatable bonds is 3. The maximum atomic E-state index is 6.22. The van der Waals surface area contributed by atoms with Gasteiger partial charge in [0.2, 0.25) is 11.8 Å². The van der Waals surface area contributed by atoms with Crippen LogP contribution < -0.4 is 9.64 Å². The number of morpholine rings is 1. The molecule has 2 aliphatic heterocycles. The van der Waals surface area contributed by atoms with Gasteiger partial charge in [0, 0.05) is 19.6 Å². The summed E-state index contributed by atoms with van der Waals surface area (Å²) in [4.78, 5) is 13.0. The molecular formula is C14H20Cl2N4O2. The van der Waals surface area contributed by atoms with Crippen LogP contribution in [0, 0.1) is 0 Å². The van der Waals surface area contributed by atoms with Crippen molar-refractivity contribution in [3.8, 4) is 5.88 Å². The number of ether oxygens (including phenoxy) is 2. The standard InChI is InChI=1S/C14H20Cl2N4O2/c1-19-4-2-3-10(9-19)22-13-11(15)12(16)17-14(18-13)20-5-7-21-8-6-20/h10H,2-9H2,1H3. The summed E-state index contributed by atoms with van der Waals surface area (Å²) in [6.07, 6.45) is 2.18. The second-order valence-electron chi connectivity index (χ2n) is 5.68. The van der Waals surface area contributed by atoms with Gasteiger partial charge in [0.05, 0.1) is 13.2 Å². The molecule has 0 bridgehead atoms. The zero-order valence-corrected chi connectivity index (χ0v) is 14.1. The molecule has 0 radical (unpaired) electrons. The predicted octanol–water partition coefficient (Wildman–Crippen LogP) is 2.09. The summed E-state index contributed by atoms with van der Waals surface area (Å²) in [6.45, 7) is 4.76. The summed E-state index contributed by atoms with van der Waals surface area (Å²) in [5.41, 5.74) is 0. The molecule has 0 aromatic carbocycles. The lowest BCUT2D eigenvalue weighted by molar-refractivity contribution is 0.0996. The Hall–Kier alpha value is -0.820. The SMILES string of the molecule is CN1CCCC(Oc2nc(N3CCOCC3)nc(Cl)c2Cl)C1. The first kappa shape index (κ1) is 16.1. The average molecular weight is 347 g/mol.